The molecule has 1 heterocycles. The summed E-state index contributed by atoms with van der Waals surface area (Å²) in [5.41, 5.74) is 10.6. The number of anilines is 1. The molecule has 0 unspecified atom stereocenters. The van der Waals surface area contributed by atoms with Crippen molar-refractivity contribution in [3.05, 3.63) is 23.3 Å². The number of nitrogens with one attached hydrogen (secondary N) is 1. The Labute approximate surface area is 133 Å². The van der Waals surface area contributed by atoms with Gasteiger partial charge in [0, 0.05) is 19.6 Å². The normalized spacial score (nSPS) is 16.3. The Balaban J connectivity index is 1.97. The lowest BCUT2D eigenvalue weighted by atomic mass is 9.89. The Kier molecular flexibility index (Phi) is 4.67. The molecule has 1 aromatic heterocycles. The standard InChI is InChI=1S/C18H28N4/c1-13-10-16-17(11-14(13)2)22(18(21-16)20-9-8-19)12-15-6-4-3-5-7-15/h10-11,15H,3-9,12,19H2,1-2H3,(H,20,21). The second-order valence-corrected chi connectivity index (χ2v) is 6.69. The topological polar surface area (TPSA) is 55.9 Å². The summed E-state index contributed by atoms with van der Waals surface area (Å²) in [5, 5.41) is 3.41. The number of imidazole rings is 1. The van der Waals surface area contributed by atoms with Gasteiger partial charge in [-0.2, -0.15) is 0 Å². The number of aryl methyl sites for hydroxylation is 2. The van der Waals surface area contributed by atoms with Crippen LogP contribution in [0.4, 0.5) is 5.95 Å². The maximum absolute atomic E-state index is 5.65. The van der Waals surface area contributed by atoms with Gasteiger partial charge in [-0.05, 0) is 55.9 Å². The van der Waals surface area contributed by atoms with E-state index in [2.05, 4.69) is 35.9 Å². The fourth-order valence-electron chi connectivity index (χ4n) is 3.51. The van der Waals surface area contributed by atoms with Crippen LogP contribution in [0.5, 0.6) is 0 Å². The molecule has 1 fully saturated rings. The van der Waals surface area contributed by atoms with Gasteiger partial charge in [-0.1, -0.05) is 19.3 Å². The summed E-state index contributed by atoms with van der Waals surface area (Å²) >= 11 is 0. The Morgan fingerprint density at radius 1 is 1.18 bits per heavy atom. The molecule has 4 nitrogen and oxygen atoms in total. The molecule has 0 aliphatic heterocycles. The zero-order chi connectivity index (χ0) is 15.5. The number of rotatable bonds is 5. The van der Waals surface area contributed by atoms with Crippen LogP contribution in [-0.4, -0.2) is 22.6 Å². The van der Waals surface area contributed by atoms with Gasteiger partial charge in [0.2, 0.25) is 5.95 Å². The zero-order valence-corrected chi connectivity index (χ0v) is 13.9. The largest absolute Gasteiger partial charge is 0.354 e. The number of hydrogen-bond donors (Lipinski definition) is 2. The maximum Gasteiger partial charge on any atom is 0.203 e. The average molecular weight is 300 g/mol. The van der Waals surface area contributed by atoms with E-state index in [4.69, 9.17) is 10.7 Å². The van der Waals surface area contributed by atoms with Crippen molar-refractivity contribution in [1.29, 1.82) is 0 Å². The fraction of sp³-hybridized carbons (Fsp3) is 0.611. The van der Waals surface area contributed by atoms with E-state index in [-0.39, 0.29) is 0 Å². The average Bonchev–Trinajstić information content (AvgIpc) is 2.84. The quantitative estimate of drug-likeness (QED) is 0.887. The second-order valence-electron chi connectivity index (χ2n) is 6.69. The summed E-state index contributed by atoms with van der Waals surface area (Å²) in [7, 11) is 0. The summed E-state index contributed by atoms with van der Waals surface area (Å²) < 4.78 is 2.38. The third-order valence-corrected chi connectivity index (χ3v) is 4.96. The highest BCUT2D eigenvalue weighted by atomic mass is 15.2. The van der Waals surface area contributed by atoms with Gasteiger partial charge in [0.05, 0.1) is 11.0 Å². The first-order chi connectivity index (χ1) is 10.7. The zero-order valence-electron chi connectivity index (χ0n) is 13.9. The molecule has 1 aromatic carbocycles. The third-order valence-electron chi connectivity index (χ3n) is 4.96. The van der Waals surface area contributed by atoms with Crippen LogP contribution in [0, 0.1) is 19.8 Å². The van der Waals surface area contributed by atoms with Crippen LogP contribution in [-0.2, 0) is 6.54 Å². The molecule has 120 valence electrons. The Morgan fingerprint density at radius 2 is 1.91 bits per heavy atom. The van der Waals surface area contributed by atoms with E-state index in [0.717, 1.165) is 30.5 Å². The molecule has 0 bridgehead atoms. The molecular formula is C18H28N4. The highest BCUT2D eigenvalue weighted by Gasteiger charge is 2.18. The molecule has 0 saturated heterocycles. The molecule has 4 heteroatoms. The molecule has 0 radical (unpaired) electrons. The van der Waals surface area contributed by atoms with Crippen molar-refractivity contribution < 1.29 is 0 Å². The minimum absolute atomic E-state index is 0.630. The molecule has 1 aliphatic carbocycles. The van der Waals surface area contributed by atoms with E-state index >= 15 is 0 Å². The van der Waals surface area contributed by atoms with Gasteiger partial charge in [-0.3, -0.25) is 0 Å². The van der Waals surface area contributed by atoms with E-state index in [1.807, 2.05) is 0 Å². The van der Waals surface area contributed by atoms with E-state index in [9.17, 15) is 0 Å². The molecule has 0 atom stereocenters. The van der Waals surface area contributed by atoms with Gasteiger partial charge < -0.3 is 15.6 Å². The van der Waals surface area contributed by atoms with Gasteiger partial charge in [0.25, 0.3) is 0 Å². The number of hydrogen-bond acceptors (Lipinski definition) is 3. The van der Waals surface area contributed by atoms with E-state index in [1.165, 1.54) is 48.7 Å². The predicted octanol–water partition coefficient (Wildman–Crippen LogP) is 3.60. The van der Waals surface area contributed by atoms with Crippen LogP contribution in [0.15, 0.2) is 12.1 Å². The molecule has 1 aliphatic rings. The molecular weight excluding hydrogens is 272 g/mol. The lowest BCUT2D eigenvalue weighted by Gasteiger charge is -2.23. The number of nitrogens with zero attached hydrogens (tertiary/aromatic N) is 2. The van der Waals surface area contributed by atoms with E-state index in [0.29, 0.717) is 6.54 Å². The van der Waals surface area contributed by atoms with Crippen LogP contribution in [0.2, 0.25) is 0 Å². The van der Waals surface area contributed by atoms with Gasteiger partial charge in [-0.15, -0.1) is 0 Å². The van der Waals surface area contributed by atoms with Gasteiger partial charge in [-0.25, -0.2) is 4.98 Å². The smallest absolute Gasteiger partial charge is 0.203 e. The highest BCUT2D eigenvalue weighted by molar-refractivity contribution is 5.80. The number of benzene rings is 1. The molecule has 2 aromatic rings. The van der Waals surface area contributed by atoms with Gasteiger partial charge >= 0.3 is 0 Å². The minimum Gasteiger partial charge on any atom is -0.354 e. The first-order valence-corrected chi connectivity index (χ1v) is 8.60. The first kappa shape index (κ1) is 15.3. The summed E-state index contributed by atoms with van der Waals surface area (Å²) in [6, 6.07) is 4.49. The summed E-state index contributed by atoms with van der Waals surface area (Å²) in [6.45, 7) is 6.81. The Hall–Kier alpha value is -1.55. The molecule has 0 amide bonds. The van der Waals surface area contributed by atoms with Crippen LogP contribution in [0.25, 0.3) is 11.0 Å². The lowest BCUT2D eigenvalue weighted by Crippen LogP contribution is -2.19. The number of aromatic nitrogens is 2. The lowest BCUT2D eigenvalue weighted by molar-refractivity contribution is 0.323. The van der Waals surface area contributed by atoms with Crippen LogP contribution < -0.4 is 11.1 Å². The van der Waals surface area contributed by atoms with Crippen LogP contribution >= 0.6 is 0 Å². The molecule has 3 N–H and O–H groups in total. The van der Waals surface area contributed by atoms with E-state index in [1.54, 1.807) is 0 Å². The molecule has 0 spiro atoms. The Morgan fingerprint density at radius 3 is 2.64 bits per heavy atom. The van der Waals surface area contributed by atoms with Gasteiger partial charge in [0.15, 0.2) is 0 Å². The first-order valence-electron chi connectivity index (χ1n) is 8.60. The molecule has 1 saturated carbocycles. The number of nitrogens with two attached hydrogens (primary N) is 1. The van der Waals surface area contributed by atoms with Gasteiger partial charge in [0.1, 0.15) is 0 Å². The highest BCUT2D eigenvalue weighted by Crippen LogP contribution is 2.29. The summed E-state index contributed by atoms with van der Waals surface area (Å²) in [5.74, 6) is 1.77. The van der Waals surface area contributed by atoms with Crippen molar-refractivity contribution >= 4 is 17.0 Å². The second kappa shape index (κ2) is 6.69. The fourth-order valence-corrected chi connectivity index (χ4v) is 3.51. The van der Waals surface area contributed by atoms with Crippen molar-refractivity contribution in [3.63, 3.8) is 0 Å². The maximum atomic E-state index is 5.65. The Bertz CT molecular complexity index is 638. The minimum atomic E-state index is 0.630. The monoisotopic (exact) mass is 300 g/mol. The third kappa shape index (κ3) is 3.12. The van der Waals surface area contributed by atoms with Crippen molar-refractivity contribution in [2.75, 3.05) is 18.4 Å². The van der Waals surface area contributed by atoms with E-state index < -0.39 is 0 Å². The summed E-state index contributed by atoms with van der Waals surface area (Å²) in [6.07, 6.45) is 6.85. The van der Waals surface area contributed by atoms with Crippen molar-refractivity contribution in [2.45, 2.75) is 52.5 Å². The van der Waals surface area contributed by atoms with Crippen LogP contribution in [0.3, 0.4) is 0 Å². The van der Waals surface area contributed by atoms with Crippen molar-refractivity contribution in [3.8, 4) is 0 Å². The summed E-state index contributed by atoms with van der Waals surface area (Å²) in [4.78, 5) is 4.81. The predicted molar refractivity (Wildman–Crippen MR) is 93.3 cm³/mol. The van der Waals surface area contributed by atoms with Crippen molar-refractivity contribution in [1.82, 2.24) is 9.55 Å². The van der Waals surface area contributed by atoms with Crippen LogP contribution in [0.1, 0.15) is 43.2 Å². The van der Waals surface area contributed by atoms with Crippen molar-refractivity contribution in [2.24, 2.45) is 11.7 Å². The molecule has 3 rings (SSSR count). The SMILES string of the molecule is Cc1cc2nc(NCCN)n(CC3CCCCC3)c2cc1C. The molecule has 22 heavy (non-hydrogen) atoms. The number of fused-ring (bicyclic) bond motifs is 1.